The van der Waals surface area contributed by atoms with Gasteiger partial charge in [0.05, 0.1) is 0 Å². The molecule has 0 fully saturated rings. The van der Waals surface area contributed by atoms with E-state index in [1.54, 1.807) is 12.1 Å². The van der Waals surface area contributed by atoms with Crippen molar-refractivity contribution in [2.75, 3.05) is 0 Å². The molecule has 0 bridgehead atoms. The Kier molecular flexibility index (Phi) is 5.36. The molecule has 1 atom stereocenters. The summed E-state index contributed by atoms with van der Waals surface area (Å²) in [6, 6.07) is 7.42. The van der Waals surface area contributed by atoms with Crippen LogP contribution in [0, 0.1) is 0 Å². The number of amides is 2. The van der Waals surface area contributed by atoms with Gasteiger partial charge in [-0.05, 0) is 31.0 Å². The first-order valence-corrected chi connectivity index (χ1v) is 6.17. The minimum atomic E-state index is -0.0615. The SMILES string of the molecule is CC[C@H](C)NC(=O)c1ccc(CNC(C)=O)cc1. The van der Waals surface area contributed by atoms with Gasteiger partial charge in [0.2, 0.25) is 5.91 Å². The standard InChI is InChI=1S/C14H20N2O2/c1-4-10(2)16-14(18)13-7-5-12(6-8-13)9-15-11(3)17/h5-8,10H,4,9H2,1-3H3,(H,15,17)(H,16,18)/t10-/m0/s1. The molecule has 0 unspecified atom stereocenters. The molecule has 0 aliphatic carbocycles. The summed E-state index contributed by atoms with van der Waals surface area (Å²) in [6.07, 6.45) is 0.909. The molecule has 2 N–H and O–H groups in total. The Morgan fingerprint density at radius 2 is 1.83 bits per heavy atom. The van der Waals surface area contributed by atoms with Crippen LogP contribution in [0.15, 0.2) is 24.3 Å². The van der Waals surface area contributed by atoms with E-state index >= 15 is 0 Å². The van der Waals surface area contributed by atoms with Gasteiger partial charge in [0.15, 0.2) is 0 Å². The van der Waals surface area contributed by atoms with Crippen LogP contribution >= 0.6 is 0 Å². The van der Waals surface area contributed by atoms with Gasteiger partial charge in [-0.3, -0.25) is 9.59 Å². The molecular weight excluding hydrogens is 228 g/mol. The topological polar surface area (TPSA) is 58.2 Å². The highest BCUT2D eigenvalue weighted by Crippen LogP contribution is 2.05. The van der Waals surface area contributed by atoms with Crippen LogP contribution in [0.2, 0.25) is 0 Å². The lowest BCUT2D eigenvalue weighted by atomic mass is 10.1. The van der Waals surface area contributed by atoms with Gasteiger partial charge in [-0.1, -0.05) is 19.1 Å². The summed E-state index contributed by atoms with van der Waals surface area (Å²) in [7, 11) is 0. The number of rotatable bonds is 5. The average molecular weight is 248 g/mol. The van der Waals surface area contributed by atoms with E-state index in [9.17, 15) is 9.59 Å². The summed E-state index contributed by atoms with van der Waals surface area (Å²) in [6.45, 7) is 5.97. The molecule has 4 heteroatoms. The summed E-state index contributed by atoms with van der Waals surface area (Å²) in [5.41, 5.74) is 1.62. The van der Waals surface area contributed by atoms with Crippen LogP contribution in [0.3, 0.4) is 0 Å². The van der Waals surface area contributed by atoms with Crippen molar-refractivity contribution >= 4 is 11.8 Å². The molecule has 1 aromatic rings. The Hall–Kier alpha value is -1.84. The highest BCUT2D eigenvalue weighted by Gasteiger charge is 2.07. The van der Waals surface area contributed by atoms with E-state index in [0.717, 1.165) is 12.0 Å². The Labute approximate surface area is 108 Å². The quantitative estimate of drug-likeness (QED) is 0.835. The third kappa shape index (κ3) is 4.57. The second-order valence-electron chi connectivity index (χ2n) is 4.39. The molecular formula is C14H20N2O2. The molecule has 98 valence electrons. The summed E-state index contributed by atoms with van der Waals surface area (Å²) >= 11 is 0. The van der Waals surface area contributed by atoms with Crippen molar-refractivity contribution < 1.29 is 9.59 Å². The van der Waals surface area contributed by atoms with E-state index in [-0.39, 0.29) is 17.9 Å². The van der Waals surface area contributed by atoms with Gasteiger partial charge in [-0.2, -0.15) is 0 Å². The van der Waals surface area contributed by atoms with Gasteiger partial charge in [0.1, 0.15) is 0 Å². The summed E-state index contributed by atoms with van der Waals surface area (Å²) in [5, 5.41) is 5.62. The maximum atomic E-state index is 11.8. The molecule has 4 nitrogen and oxygen atoms in total. The van der Waals surface area contributed by atoms with Gasteiger partial charge < -0.3 is 10.6 Å². The van der Waals surface area contributed by atoms with Crippen molar-refractivity contribution in [3.63, 3.8) is 0 Å². The van der Waals surface area contributed by atoms with Crippen LogP contribution < -0.4 is 10.6 Å². The van der Waals surface area contributed by atoms with Gasteiger partial charge in [0, 0.05) is 25.1 Å². The number of hydrogen-bond donors (Lipinski definition) is 2. The molecule has 0 heterocycles. The fourth-order valence-electron chi connectivity index (χ4n) is 1.41. The van der Waals surface area contributed by atoms with E-state index in [1.165, 1.54) is 6.92 Å². The average Bonchev–Trinajstić information content (AvgIpc) is 2.36. The summed E-state index contributed by atoms with van der Waals surface area (Å²) < 4.78 is 0. The van der Waals surface area contributed by atoms with Crippen LogP contribution in [0.5, 0.6) is 0 Å². The summed E-state index contributed by atoms with van der Waals surface area (Å²) in [5.74, 6) is -0.121. The molecule has 0 radical (unpaired) electrons. The van der Waals surface area contributed by atoms with Crippen molar-refractivity contribution in [3.05, 3.63) is 35.4 Å². The predicted molar refractivity (Wildman–Crippen MR) is 71.2 cm³/mol. The molecule has 1 aromatic carbocycles. The lowest BCUT2D eigenvalue weighted by Crippen LogP contribution is -2.31. The first-order chi connectivity index (χ1) is 8.52. The lowest BCUT2D eigenvalue weighted by molar-refractivity contribution is -0.119. The van der Waals surface area contributed by atoms with Crippen LogP contribution in [-0.2, 0) is 11.3 Å². The Morgan fingerprint density at radius 1 is 1.22 bits per heavy atom. The zero-order chi connectivity index (χ0) is 13.5. The molecule has 18 heavy (non-hydrogen) atoms. The molecule has 1 rings (SSSR count). The van der Waals surface area contributed by atoms with Crippen LogP contribution in [-0.4, -0.2) is 17.9 Å². The number of carbonyl (C=O) groups is 2. The Morgan fingerprint density at radius 3 is 2.33 bits per heavy atom. The van der Waals surface area contributed by atoms with E-state index in [0.29, 0.717) is 12.1 Å². The highest BCUT2D eigenvalue weighted by atomic mass is 16.2. The third-order valence-electron chi connectivity index (χ3n) is 2.75. The van der Waals surface area contributed by atoms with Crippen molar-refractivity contribution in [2.24, 2.45) is 0 Å². The maximum absolute atomic E-state index is 11.8. The van der Waals surface area contributed by atoms with Crippen LogP contribution in [0.25, 0.3) is 0 Å². The Balaban J connectivity index is 2.59. The largest absolute Gasteiger partial charge is 0.352 e. The van der Waals surface area contributed by atoms with Crippen LogP contribution in [0.1, 0.15) is 43.1 Å². The van der Waals surface area contributed by atoms with E-state index < -0.39 is 0 Å². The normalized spacial score (nSPS) is 11.7. The van der Waals surface area contributed by atoms with Crippen molar-refractivity contribution in [3.8, 4) is 0 Å². The van der Waals surface area contributed by atoms with Crippen molar-refractivity contribution in [1.29, 1.82) is 0 Å². The van der Waals surface area contributed by atoms with Gasteiger partial charge in [0.25, 0.3) is 5.91 Å². The monoisotopic (exact) mass is 248 g/mol. The predicted octanol–water partition coefficient (Wildman–Crippen LogP) is 1.85. The molecule has 0 spiro atoms. The summed E-state index contributed by atoms with van der Waals surface area (Å²) in [4.78, 5) is 22.6. The minimum absolute atomic E-state index is 0.0598. The third-order valence-corrected chi connectivity index (χ3v) is 2.75. The smallest absolute Gasteiger partial charge is 0.251 e. The maximum Gasteiger partial charge on any atom is 0.251 e. The first-order valence-electron chi connectivity index (χ1n) is 6.17. The van der Waals surface area contributed by atoms with Gasteiger partial charge in [-0.15, -0.1) is 0 Å². The molecule has 0 aliphatic heterocycles. The number of carbonyl (C=O) groups excluding carboxylic acids is 2. The molecule has 0 saturated carbocycles. The zero-order valence-corrected chi connectivity index (χ0v) is 11.1. The number of nitrogens with one attached hydrogen (secondary N) is 2. The van der Waals surface area contributed by atoms with E-state index in [1.807, 2.05) is 26.0 Å². The fourth-order valence-corrected chi connectivity index (χ4v) is 1.41. The lowest BCUT2D eigenvalue weighted by Gasteiger charge is -2.11. The molecule has 0 aromatic heterocycles. The molecule has 2 amide bonds. The zero-order valence-electron chi connectivity index (χ0n) is 11.1. The molecule has 0 aliphatic rings. The first kappa shape index (κ1) is 14.2. The second-order valence-corrected chi connectivity index (χ2v) is 4.39. The highest BCUT2D eigenvalue weighted by molar-refractivity contribution is 5.94. The fraction of sp³-hybridized carbons (Fsp3) is 0.429. The van der Waals surface area contributed by atoms with Crippen molar-refractivity contribution in [1.82, 2.24) is 10.6 Å². The Bertz CT molecular complexity index is 412. The van der Waals surface area contributed by atoms with Gasteiger partial charge >= 0.3 is 0 Å². The van der Waals surface area contributed by atoms with E-state index in [4.69, 9.17) is 0 Å². The minimum Gasteiger partial charge on any atom is -0.352 e. The number of hydrogen-bond acceptors (Lipinski definition) is 2. The number of benzene rings is 1. The van der Waals surface area contributed by atoms with E-state index in [2.05, 4.69) is 10.6 Å². The second kappa shape index (κ2) is 6.79. The molecule has 0 saturated heterocycles. The van der Waals surface area contributed by atoms with Gasteiger partial charge in [-0.25, -0.2) is 0 Å². The van der Waals surface area contributed by atoms with Crippen molar-refractivity contribution in [2.45, 2.75) is 39.8 Å². The van der Waals surface area contributed by atoms with Crippen LogP contribution in [0.4, 0.5) is 0 Å².